The standard InChI is InChI=1S/C20H23N3O4/c1-4-5-19(24)22-16-9-6-14(7-10-16)20(25)23-21-13-15-8-11-17(26-2)12-18(15)27-3/h6-13H,4-5H2,1-3H3,(H,22,24)(H,23,25). The number of rotatable bonds is 8. The number of amides is 2. The Hall–Kier alpha value is -3.35. The molecule has 2 amide bonds. The van der Waals surface area contributed by atoms with Gasteiger partial charge >= 0.3 is 0 Å². The molecule has 2 rings (SSSR count). The quantitative estimate of drug-likeness (QED) is 0.552. The summed E-state index contributed by atoms with van der Waals surface area (Å²) in [6.45, 7) is 1.94. The Bertz CT molecular complexity index is 816. The summed E-state index contributed by atoms with van der Waals surface area (Å²) in [5, 5.41) is 6.73. The third kappa shape index (κ3) is 5.85. The number of methoxy groups -OCH3 is 2. The molecule has 0 heterocycles. The van der Waals surface area contributed by atoms with E-state index in [0.717, 1.165) is 6.42 Å². The fourth-order valence-electron chi connectivity index (χ4n) is 2.31. The van der Waals surface area contributed by atoms with Crippen molar-refractivity contribution >= 4 is 23.7 Å². The summed E-state index contributed by atoms with van der Waals surface area (Å²) in [7, 11) is 3.12. The molecule has 2 aromatic rings. The monoisotopic (exact) mass is 369 g/mol. The molecule has 2 aromatic carbocycles. The van der Waals surface area contributed by atoms with E-state index < -0.39 is 0 Å². The second-order valence-electron chi connectivity index (χ2n) is 5.68. The third-order valence-electron chi connectivity index (χ3n) is 3.72. The number of benzene rings is 2. The van der Waals surface area contributed by atoms with Crippen LogP contribution in [-0.4, -0.2) is 32.2 Å². The van der Waals surface area contributed by atoms with Crippen molar-refractivity contribution in [1.82, 2.24) is 5.43 Å². The van der Waals surface area contributed by atoms with E-state index in [1.165, 1.54) is 6.21 Å². The fourth-order valence-corrected chi connectivity index (χ4v) is 2.31. The maximum Gasteiger partial charge on any atom is 0.271 e. The van der Waals surface area contributed by atoms with Crippen LogP contribution in [0.5, 0.6) is 11.5 Å². The SMILES string of the molecule is CCCC(=O)Nc1ccc(C(=O)NN=Cc2ccc(OC)cc2OC)cc1. The van der Waals surface area contributed by atoms with Crippen molar-refractivity contribution in [2.45, 2.75) is 19.8 Å². The normalized spacial score (nSPS) is 10.5. The first-order valence-corrected chi connectivity index (χ1v) is 8.52. The fraction of sp³-hybridized carbons (Fsp3) is 0.250. The van der Waals surface area contributed by atoms with Crippen LogP contribution in [0.2, 0.25) is 0 Å². The molecule has 0 unspecified atom stereocenters. The average Bonchev–Trinajstić information content (AvgIpc) is 2.68. The van der Waals surface area contributed by atoms with E-state index >= 15 is 0 Å². The highest BCUT2D eigenvalue weighted by Crippen LogP contribution is 2.23. The maximum absolute atomic E-state index is 12.2. The van der Waals surface area contributed by atoms with E-state index in [0.29, 0.717) is 34.7 Å². The van der Waals surface area contributed by atoms with Gasteiger partial charge in [0.05, 0.1) is 20.4 Å². The number of carbonyl (C=O) groups excluding carboxylic acids is 2. The smallest absolute Gasteiger partial charge is 0.271 e. The number of carbonyl (C=O) groups is 2. The molecule has 142 valence electrons. The van der Waals surface area contributed by atoms with Crippen molar-refractivity contribution < 1.29 is 19.1 Å². The van der Waals surface area contributed by atoms with Gasteiger partial charge in [-0.3, -0.25) is 9.59 Å². The molecule has 0 aromatic heterocycles. The van der Waals surface area contributed by atoms with Crippen molar-refractivity contribution in [3.63, 3.8) is 0 Å². The van der Waals surface area contributed by atoms with Gasteiger partial charge in [-0.05, 0) is 42.8 Å². The molecule has 7 nitrogen and oxygen atoms in total. The van der Waals surface area contributed by atoms with E-state index in [-0.39, 0.29) is 11.8 Å². The van der Waals surface area contributed by atoms with Crippen LogP contribution in [0.4, 0.5) is 5.69 Å². The highest BCUT2D eigenvalue weighted by atomic mass is 16.5. The number of anilines is 1. The highest BCUT2D eigenvalue weighted by Gasteiger charge is 2.06. The van der Waals surface area contributed by atoms with Gasteiger partial charge in [0.15, 0.2) is 0 Å². The molecule has 0 aliphatic heterocycles. The minimum atomic E-state index is -0.356. The lowest BCUT2D eigenvalue weighted by Crippen LogP contribution is -2.17. The Balaban J connectivity index is 1.97. The molecule has 0 aliphatic rings. The summed E-state index contributed by atoms with van der Waals surface area (Å²) < 4.78 is 10.4. The van der Waals surface area contributed by atoms with Gasteiger partial charge in [0, 0.05) is 29.3 Å². The molecule has 7 heteroatoms. The molecule has 0 fully saturated rings. The van der Waals surface area contributed by atoms with Crippen LogP contribution in [0.1, 0.15) is 35.7 Å². The third-order valence-corrected chi connectivity index (χ3v) is 3.72. The van der Waals surface area contributed by atoms with Crippen molar-refractivity contribution in [3.05, 3.63) is 53.6 Å². The van der Waals surface area contributed by atoms with Gasteiger partial charge in [-0.2, -0.15) is 5.10 Å². The largest absolute Gasteiger partial charge is 0.497 e. The topological polar surface area (TPSA) is 89.0 Å². The van der Waals surface area contributed by atoms with Crippen LogP contribution in [0.3, 0.4) is 0 Å². The van der Waals surface area contributed by atoms with Crippen LogP contribution in [-0.2, 0) is 4.79 Å². The molecular weight excluding hydrogens is 346 g/mol. The minimum absolute atomic E-state index is 0.0484. The Morgan fingerprint density at radius 2 is 1.81 bits per heavy atom. The summed E-state index contributed by atoms with van der Waals surface area (Å²) in [5.41, 5.74) is 4.25. The van der Waals surface area contributed by atoms with E-state index in [1.807, 2.05) is 6.92 Å². The Morgan fingerprint density at radius 3 is 2.44 bits per heavy atom. The predicted octanol–water partition coefficient (Wildman–Crippen LogP) is 3.21. The summed E-state index contributed by atoms with van der Waals surface area (Å²) in [5.74, 6) is 0.844. The molecule has 0 aliphatic carbocycles. The molecule has 0 atom stereocenters. The molecule has 0 saturated heterocycles. The first-order chi connectivity index (χ1) is 13.1. The number of hydrogen-bond acceptors (Lipinski definition) is 5. The molecule has 0 bridgehead atoms. The van der Waals surface area contributed by atoms with Crippen LogP contribution >= 0.6 is 0 Å². The average molecular weight is 369 g/mol. The zero-order valence-corrected chi connectivity index (χ0v) is 15.6. The zero-order valence-electron chi connectivity index (χ0n) is 15.6. The van der Waals surface area contributed by atoms with Crippen LogP contribution in [0.25, 0.3) is 0 Å². The van der Waals surface area contributed by atoms with Crippen molar-refractivity contribution in [1.29, 1.82) is 0 Å². The molecule has 0 saturated carbocycles. The van der Waals surface area contributed by atoms with Crippen LogP contribution in [0.15, 0.2) is 47.6 Å². The number of nitrogens with zero attached hydrogens (tertiary/aromatic N) is 1. The van der Waals surface area contributed by atoms with Gasteiger partial charge in [-0.25, -0.2) is 5.43 Å². The van der Waals surface area contributed by atoms with E-state index in [2.05, 4.69) is 15.8 Å². The van der Waals surface area contributed by atoms with E-state index in [9.17, 15) is 9.59 Å². The Labute approximate surface area is 158 Å². The number of hydrogen-bond donors (Lipinski definition) is 2. The molecule has 2 N–H and O–H groups in total. The lowest BCUT2D eigenvalue weighted by atomic mass is 10.2. The Kier molecular flexibility index (Phi) is 7.37. The second-order valence-corrected chi connectivity index (χ2v) is 5.68. The summed E-state index contributed by atoms with van der Waals surface area (Å²) in [4.78, 5) is 23.7. The zero-order chi connectivity index (χ0) is 19.6. The molecular formula is C20H23N3O4. The molecule has 27 heavy (non-hydrogen) atoms. The molecule has 0 spiro atoms. The predicted molar refractivity (Wildman–Crippen MR) is 105 cm³/mol. The molecule has 0 radical (unpaired) electrons. The summed E-state index contributed by atoms with van der Waals surface area (Å²) >= 11 is 0. The maximum atomic E-state index is 12.2. The van der Waals surface area contributed by atoms with Crippen molar-refractivity contribution in [2.24, 2.45) is 5.10 Å². The minimum Gasteiger partial charge on any atom is -0.497 e. The van der Waals surface area contributed by atoms with Gasteiger partial charge in [0.2, 0.25) is 5.91 Å². The van der Waals surface area contributed by atoms with Crippen LogP contribution in [0, 0.1) is 0 Å². The van der Waals surface area contributed by atoms with Gasteiger partial charge in [0.25, 0.3) is 5.91 Å². The van der Waals surface area contributed by atoms with Crippen molar-refractivity contribution in [2.75, 3.05) is 19.5 Å². The first kappa shape index (κ1) is 20.0. The van der Waals surface area contributed by atoms with Crippen molar-refractivity contribution in [3.8, 4) is 11.5 Å². The number of ether oxygens (including phenoxy) is 2. The second kappa shape index (κ2) is 9.96. The Morgan fingerprint density at radius 1 is 1.07 bits per heavy atom. The van der Waals surface area contributed by atoms with Gasteiger partial charge in [-0.15, -0.1) is 0 Å². The van der Waals surface area contributed by atoms with Gasteiger partial charge in [0.1, 0.15) is 11.5 Å². The van der Waals surface area contributed by atoms with E-state index in [4.69, 9.17) is 9.47 Å². The number of hydrazone groups is 1. The van der Waals surface area contributed by atoms with Gasteiger partial charge in [-0.1, -0.05) is 6.92 Å². The van der Waals surface area contributed by atoms with E-state index in [1.54, 1.807) is 56.7 Å². The number of nitrogens with one attached hydrogen (secondary N) is 2. The summed E-state index contributed by atoms with van der Waals surface area (Å²) in [6.07, 6.45) is 2.74. The highest BCUT2D eigenvalue weighted by molar-refractivity contribution is 5.96. The van der Waals surface area contributed by atoms with Gasteiger partial charge < -0.3 is 14.8 Å². The lowest BCUT2D eigenvalue weighted by molar-refractivity contribution is -0.116. The van der Waals surface area contributed by atoms with Crippen LogP contribution < -0.4 is 20.2 Å². The first-order valence-electron chi connectivity index (χ1n) is 8.52. The lowest BCUT2D eigenvalue weighted by Gasteiger charge is -2.07. The summed E-state index contributed by atoms with van der Waals surface area (Å²) in [6, 6.07) is 11.9.